The molecule has 0 bridgehead atoms. The van der Waals surface area contributed by atoms with Crippen molar-refractivity contribution in [2.75, 3.05) is 7.11 Å². The van der Waals surface area contributed by atoms with Gasteiger partial charge in [-0.2, -0.15) is 0 Å². The summed E-state index contributed by atoms with van der Waals surface area (Å²) in [6, 6.07) is 13.0. The van der Waals surface area contributed by atoms with Gasteiger partial charge in [0.15, 0.2) is 11.2 Å². The summed E-state index contributed by atoms with van der Waals surface area (Å²) >= 11 is 0. The summed E-state index contributed by atoms with van der Waals surface area (Å²) in [5, 5.41) is 10.5. The molecule has 0 amide bonds. The quantitative estimate of drug-likeness (QED) is 0.712. The number of hydrogen-bond donors (Lipinski definition) is 2. The molecule has 0 unspecified atom stereocenters. The fourth-order valence-electron chi connectivity index (χ4n) is 2.62. The van der Waals surface area contributed by atoms with Gasteiger partial charge in [0, 0.05) is 11.8 Å². The van der Waals surface area contributed by atoms with Crippen LogP contribution in [-0.2, 0) is 11.2 Å². The molecule has 0 saturated carbocycles. The Bertz CT molecular complexity index is 1070. The van der Waals surface area contributed by atoms with E-state index in [1.165, 1.54) is 7.11 Å². The number of hydrogen-bond acceptors (Lipinski definition) is 5. The van der Waals surface area contributed by atoms with Gasteiger partial charge >= 0.3 is 5.97 Å². The molecule has 0 aliphatic heterocycles. The SMILES string of the molecule is COC(=O)c1ccc(Cc2c(O)c(=O)[nH]c3ccccc3c2=O)cc1. The number of para-hydroxylation sites is 1. The first-order chi connectivity index (χ1) is 12.0. The van der Waals surface area contributed by atoms with Crippen LogP contribution in [-0.4, -0.2) is 23.2 Å². The molecule has 6 heteroatoms. The molecule has 0 atom stereocenters. The monoisotopic (exact) mass is 337 g/mol. The van der Waals surface area contributed by atoms with E-state index in [0.29, 0.717) is 22.0 Å². The lowest BCUT2D eigenvalue weighted by molar-refractivity contribution is 0.0600. The van der Waals surface area contributed by atoms with Gasteiger partial charge < -0.3 is 14.8 Å². The van der Waals surface area contributed by atoms with Crippen LogP contribution >= 0.6 is 0 Å². The minimum Gasteiger partial charge on any atom is -0.503 e. The molecule has 3 rings (SSSR count). The number of aromatic nitrogens is 1. The molecule has 0 fully saturated rings. The third kappa shape index (κ3) is 3.14. The number of fused-ring (bicyclic) bond motifs is 1. The van der Waals surface area contributed by atoms with Crippen molar-refractivity contribution in [3.63, 3.8) is 0 Å². The molecule has 2 aromatic carbocycles. The molecule has 0 radical (unpaired) electrons. The normalized spacial score (nSPS) is 10.6. The average Bonchev–Trinajstić information content (AvgIpc) is 2.72. The predicted octanol–water partition coefficient (Wildman–Crippen LogP) is 1.97. The molecule has 25 heavy (non-hydrogen) atoms. The molecule has 3 aromatic rings. The van der Waals surface area contributed by atoms with E-state index in [0.717, 1.165) is 0 Å². The fraction of sp³-hybridized carbons (Fsp3) is 0.105. The molecule has 126 valence electrons. The lowest BCUT2D eigenvalue weighted by atomic mass is 10.0. The van der Waals surface area contributed by atoms with E-state index in [1.54, 1.807) is 48.5 Å². The number of methoxy groups -OCH3 is 1. The van der Waals surface area contributed by atoms with E-state index in [9.17, 15) is 19.5 Å². The zero-order chi connectivity index (χ0) is 18.0. The molecule has 6 nitrogen and oxygen atoms in total. The first-order valence-corrected chi connectivity index (χ1v) is 7.55. The second-order valence-electron chi connectivity index (χ2n) is 5.52. The Morgan fingerprint density at radius 1 is 1.08 bits per heavy atom. The van der Waals surface area contributed by atoms with Crippen LogP contribution in [0.1, 0.15) is 21.5 Å². The highest BCUT2D eigenvalue weighted by Crippen LogP contribution is 2.16. The minimum absolute atomic E-state index is 0.00766. The largest absolute Gasteiger partial charge is 0.503 e. The first kappa shape index (κ1) is 16.4. The van der Waals surface area contributed by atoms with Crippen LogP contribution in [0.4, 0.5) is 0 Å². The van der Waals surface area contributed by atoms with Crippen molar-refractivity contribution in [1.82, 2.24) is 4.98 Å². The number of nitrogens with one attached hydrogen (secondary N) is 1. The van der Waals surface area contributed by atoms with Gasteiger partial charge in [-0.3, -0.25) is 9.59 Å². The predicted molar refractivity (Wildman–Crippen MR) is 93.1 cm³/mol. The Hall–Kier alpha value is -3.41. The van der Waals surface area contributed by atoms with Crippen LogP contribution < -0.4 is 11.0 Å². The number of benzene rings is 2. The van der Waals surface area contributed by atoms with E-state index in [-0.39, 0.29) is 12.0 Å². The molecule has 0 saturated heterocycles. The van der Waals surface area contributed by atoms with E-state index < -0.39 is 22.7 Å². The van der Waals surface area contributed by atoms with Crippen LogP contribution in [0.3, 0.4) is 0 Å². The summed E-state index contributed by atoms with van der Waals surface area (Å²) in [5.41, 5.74) is 0.283. The Kier molecular flexibility index (Phi) is 4.35. The number of aromatic hydroxyl groups is 1. The third-order valence-electron chi connectivity index (χ3n) is 3.95. The third-order valence-corrected chi connectivity index (χ3v) is 3.95. The molecule has 2 N–H and O–H groups in total. The molecule has 1 aromatic heterocycles. The van der Waals surface area contributed by atoms with Gasteiger partial charge in [0.25, 0.3) is 5.56 Å². The summed E-state index contributed by atoms with van der Waals surface area (Å²) in [6.45, 7) is 0. The Labute approximate surface area is 142 Å². The fourth-order valence-corrected chi connectivity index (χ4v) is 2.62. The van der Waals surface area contributed by atoms with Crippen molar-refractivity contribution < 1.29 is 14.6 Å². The van der Waals surface area contributed by atoms with E-state index in [2.05, 4.69) is 9.72 Å². The average molecular weight is 337 g/mol. The number of rotatable bonds is 3. The van der Waals surface area contributed by atoms with Crippen LogP contribution in [0.5, 0.6) is 5.75 Å². The van der Waals surface area contributed by atoms with Gasteiger partial charge in [-0.05, 0) is 29.8 Å². The number of esters is 1. The summed E-state index contributed by atoms with van der Waals surface area (Å²) in [5.74, 6) is -1.06. The smallest absolute Gasteiger partial charge is 0.337 e. The summed E-state index contributed by atoms with van der Waals surface area (Å²) < 4.78 is 4.63. The maximum atomic E-state index is 12.7. The number of H-pyrrole nitrogens is 1. The zero-order valence-corrected chi connectivity index (χ0v) is 13.4. The molecule has 0 spiro atoms. The van der Waals surface area contributed by atoms with Gasteiger partial charge in [0.1, 0.15) is 0 Å². The summed E-state index contributed by atoms with van der Waals surface area (Å²) in [7, 11) is 1.29. The maximum Gasteiger partial charge on any atom is 0.337 e. The second kappa shape index (κ2) is 6.60. The molecule has 0 aliphatic carbocycles. The number of ether oxygens (including phenoxy) is 1. The molecular weight excluding hydrogens is 322 g/mol. The summed E-state index contributed by atoms with van der Waals surface area (Å²) in [6.07, 6.45) is 0.0634. The van der Waals surface area contributed by atoms with Crippen molar-refractivity contribution in [2.45, 2.75) is 6.42 Å². The first-order valence-electron chi connectivity index (χ1n) is 7.55. The van der Waals surface area contributed by atoms with Crippen LogP contribution in [0.25, 0.3) is 10.9 Å². The minimum atomic E-state index is -0.723. The zero-order valence-electron chi connectivity index (χ0n) is 13.4. The van der Waals surface area contributed by atoms with Crippen molar-refractivity contribution >= 4 is 16.9 Å². The Morgan fingerprint density at radius 3 is 2.44 bits per heavy atom. The lowest BCUT2D eigenvalue weighted by Gasteiger charge is -2.03. The van der Waals surface area contributed by atoms with Crippen LogP contribution in [0.15, 0.2) is 58.1 Å². The Balaban J connectivity index is 2.12. The van der Waals surface area contributed by atoms with E-state index in [4.69, 9.17) is 0 Å². The number of aromatic amines is 1. The maximum absolute atomic E-state index is 12.7. The summed E-state index contributed by atoms with van der Waals surface area (Å²) in [4.78, 5) is 38.8. The van der Waals surface area contributed by atoms with Crippen LogP contribution in [0, 0.1) is 0 Å². The van der Waals surface area contributed by atoms with Gasteiger partial charge in [-0.1, -0.05) is 24.3 Å². The van der Waals surface area contributed by atoms with Crippen molar-refractivity contribution in [2.24, 2.45) is 0 Å². The number of carbonyl (C=O) groups excluding carboxylic acids is 1. The lowest BCUT2D eigenvalue weighted by Crippen LogP contribution is -2.10. The standard InChI is InChI=1S/C19H15NO5/c1-25-19(24)12-8-6-11(7-9-12)10-14-16(21)13-4-2-3-5-15(13)20-18(23)17(14)22/h2-9,22H,10H2,1H3,(H,20,23). The highest BCUT2D eigenvalue weighted by molar-refractivity contribution is 5.89. The van der Waals surface area contributed by atoms with Crippen molar-refractivity contribution in [3.05, 3.63) is 85.8 Å². The molecular formula is C19H15NO5. The Morgan fingerprint density at radius 2 is 1.76 bits per heavy atom. The molecule has 0 aliphatic rings. The van der Waals surface area contributed by atoms with Gasteiger partial charge in [-0.25, -0.2) is 4.79 Å². The van der Waals surface area contributed by atoms with Crippen molar-refractivity contribution in [3.8, 4) is 5.75 Å². The van der Waals surface area contributed by atoms with Gasteiger partial charge in [-0.15, -0.1) is 0 Å². The second-order valence-corrected chi connectivity index (χ2v) is 5.52. The highest BCUT2D eigenvalue weighted by atomic mass is 16.5. The van der Waals surface area contributed by atoms with Crippen molar-refractivity contribution in [1.29, 1.82) is 0 Å². The van der Waals surface area contributed by atoms with Gasteiger partial charge in [0.05, 0.1) is 23.8 Å². The van der Waals surface area contributed by atoms with Crippen LogP contribution in [0.2, 0.25) is 0 Å². The number of carbonyl (C=O) groups is 1. The van der Waals surface area contributed by atoms with Gasteiger partial charge in [0.2, 0.25) is 0 Å². The van der Waals surface area contributed by atoms with E-state index >= 15 is 0 Å². The van der Waals surface area contributed by atoms with E-state index in [1.807, 2.05) is 0 Å². The topological polar surface area (TPSA) is 96.5 Å². The molecule has 1 heterocycles. The highest BCUT2D eigenvalue weighted by Gasteiger charge is 2.13.